The van der Waals surface area contributed by atoms with E-state index < -0.39 is 107 Å². The molecule has 0 aromatic rings. The number of fused-ring (bicyclic) bond motifs is 1. The van der Waals surface area contributed by atoms with E-state index in [1.54, 1.807) is 48.5 Å². The van der Waals surface area contributed by atoms with Crippen LogP contribution in [0.3, 0.4) is 0 Å². The summed E-state index contributed by atoms with van der Waals surface area (Å²) in [4.78, 5) is 55.2. The topological polar surface area (TPSA) is 194 Å². The number of aliphatic hydroxyl groups excluding tert-OH is 1. The Morgan fingerprint density at radius 1 is 0.937 bits per heavy atom. The van der Waals surface area contributed by atoms with Crippen molar-refractivity contribution in [3.05, 3.63) is 11.6 Å². The fourth-order valence-electron chi connectivity index (χ4n) is 12.8. The molecule has 14 heteroatoms. The third-order valence-electron chi connectivity index (χ3n) is 16.2. The highest BCUT2D eigenvalue weighted by atomic mass is 16.8. The number of allylic oxidation sites excluding steroid dienone is 1. The van der Waals surface area contributed by atoms with E-state index in [0.717, 1.165) is 19.3 Å². The molecular formula is C49H78O14. The average molecular weight is 891 g/mol. The van der Waals surface area contributed by atoms with Gasteiger partial charge in [0.05, 0.1) is 25.2 Å². The number of rotatable bonds is 22. The third kappa shape index (κ3) is 9.64. The summed E-state index contributed by atoms with van der Waals surface area (Å²) < 4.78 is 41.7. The van der Waals surface area contributed by atoms with Gasteiger partial charge in [-0.25, -0.2) is 9.59 Å². The summed E-state index contributed by atoms with van der Waals surface area (Å²) in [7, 11) is 0. The van der Waals surface area contributed by atoms with Gasteiger partial charge in [0.25, 0.3) is 0 Å². The van der Waals surface area contributed by atoms with Crippen molar-refractivity contribution in [3.63, 3.8) is 0 Å². The number of carbonyl (C=O) groups is 4. The van der Waals surface area contributed by atoms with E-state index in [2.05, 4.69) is 6.92 Å². The van der Waals surface area contributed by atoms with Crippen LogP contribution >= 0.6 is 0 Å². The molecule has 1 spiro atoms. The first-order valence-electron chi connectivity index (χ1n) is 24.3. The van der Waals surface area contributed by atoms with Gasteiger partial charge in [-0.15, -0.1) is 0 Å². The van der Waals surface area contributed by atoms with Crippen molar-refractivity contribution in [2.75, 3.05) is 19.8 Å². The number of hydrogen-bond acceptors (Lipinski definition) is 14. The fourth-order valence-corrected chi connectivity index (χ4v) is 12.8. The van der Waals surface area contributed by atoms with Crippen molar-refractivity contribution >= 4 is 23.9 Å². The van der Waals surface area contributed by atoms with Gasteiger partial charge in [-0.2, -0.15) is 0 Å². The molecule has 3 aliphatic heterocycles. The lowest BCUT2D eigenvalue weighted by Crippen LogP contribution is -2.78. The molecule has 6 aliphatic rings. The van der Waals surface area contributed by atoms with Crippen LogP contribution in [0.25, 0.3) is 0 Å². The van der Waals surface area contributed by atoms with Crippen LogP contribution in [0.1, 0.15) is 158 Å². The summed E-state index contributed by atoms with van der Waals surface area (Å²) >= 11 is 0. The molecule has 5 fully saturated rings. The van der Waals surface area contributed by atoms with E-state index in [4.69, 9.17) is 33.2 Å². The minimum absolute atomic E-state index is 0.156. The first-order chi connectivity index (χ1) is 29.9. The largest absolute Gasteiger partial charge is 0.509 e. The van der Waals surface area contributed by atoms with Gasteiger partial charge < -0.3 is 48.5 Å². The predicted octanol–water partition coefficient (Wildman–Crippen LogP) is 7.50. The lowest BCUT2D eigenvalue weighted by atomic mass is 9.38. The van der Waals surface area contributed by atoms with Gasteiger partial charge >= 0.3 is 18.1 Å². The molecule has 0 amide bonds. The molecule has 0 aromatic carbocycles. The lowest BCUT2D eigenvalue weighted by Gasteiger charge is -2.68. The van der Waals surface area contributed by atoms with Crippen molar-refractivity contribution in [2.45, 2.75) is 206 Å². The second kappa shape index (κ2) is 20.5. The smallest absolute Gasteiger partial charge is 0.459 e. The maximum absolute atomic E-state index is 14.1. The molecule has 13 atom stereocenters. The Bertz CT molecular complexity index is 1640. The van der Waals surface area contributed by atoms with E-state index in [0.29, 0.717) is 5.57 Å². The number of unbranched alkanes of at least 4 members (excludes halogenated alkanes) is 12. The number of aliphatic hydroxyl groups is 3. The number of ketones is 1. The number of carbonyl (C=O) groups excluding carboxylic acids is 4. The first kappa shape index (κ1) is 49.8. The van der Waals surface area contributed by atoms with Gasteiger partial charge in [0, 0.05) is 22.7 Å². The lowest BCUT2D eigenvalue weighted by molar-refractivity contribution is -0.340. The average Bonchev–Trinajstić information content (AvgIpc) is 3.80. The Morgan fingerprint density at radius 3 is 2.14 bits per heavy atom. The first-order valence-corrected chi connectivity index (χ1v) is 24.3. The molecule has 6 rings (SSSR count). The maximum atomic E-state index is 14.1. The molecule has 0 aromatic heterocycles. The normalized spacial score (nSPS) is 37.1. The van der Waals surface area contributed by atoms with E-state index in [9.17, 15) is 34.5 Å². The Kier molecular flexibility index (Phi) is 16.2. The molecule has 3 N–H and O–H groups in total. The molecule has 3 aliphatic carbocycles. The van der Waals surface area contributed by atoms with Crippen molar-refractivity contribution in [3.8, 4) is 0 Å². The molecule has 2 bridgehead atoms. The Balaban J connectivity index is 1.08. The molecule has 2 saturated carbocycles. The number of hydrogen-bond donors (Lipinski definition) is 3. The monoisotopic (exact) mass is 891 g/mol. The highest BCUT2D eigenvalue weighted by Crippen LogP contribution is 2.74. The zero-order valence-corrected chi connectivity index (χ0v) is 39.3. The molecule has 14 nitrogen and oxygen atoms in total. The highest BCUT2D eigenvalue weighted by molar-refractivity contribution is 5.97. The minimum atomic E-state index is -2.25. The quantitative estimate of drug-likeness (QED) is 0.0549. The minimum Gasteiger partial charge on any atom is -0.459 e. The van der Waals surface area contributed by atoms with E-state index in [1.807, 2.05) is 0 Å². The van der Waals surface area contributed by atoms with Crippen molar-refractivity contribution < 1.29 is 67.7 Å². The van der Waals surface area contributed by atoms with Crippen LogP contribution in [0.4, 0.5) is 4.79 Å². The molecule has 358 valence electrons. The Morgan fingerprint density at radius 2 is 1.54 bits per heavy atom. The zero-order chi connectivity index (χ0) is 45.9. The van der Waals surface area contributed by atoms with Crippen molar-refractivity contribution in [2.24, 2.45) is 46.3 Å². The summed E-state index contributed by atoms with van der Waals surface area (Å²) in [5.41, 5.74) is -3.47. The van der Waals surface area contributed by atoms with Crippen molar-refractivity contribution in [1.29, 1.82) is 0 Å². The molecule has 63 heavy (non-hydrogen) atoms. The van der Waals surface area contributed by atoms with Gasteiger partial charge in [0.1, 0.15) is 24.9 Å². The number of esters is 2. The van der Waals surface area contributed by atoms with Gasteiger partial charge in [-0.3, -0.25) is 9.59 Å². The van der Waals surface area contributed by atoms with E-state index in [1.165, 1.54) is 76.7 Å². The summed E-state index contributed by atoms with van der Waals surface area (Å²) in [5, 5.41) is 35.9. The standard InChI is InChI=1S/C49H78O14/c1-9-10-11-12-13-14-15-16-17-18-19-20-21-22-38-57-26-33(60-38)27-58-45(54)63-42-35(50)23-31(6)34-24-36-47-28-59-49(56,44(47)46(34,42)8)41(52)32(7)39(47)40(43(53)61-36)62-37(51)25-48(55,29(2)3)30(4)5/h23,29-30,32-34,36,38-42,44,52,55-56H,9-22,24-28H2,1-8H3/t32-,33?,34+,36-,38?,39?,40?,41-,42-,44?,46-,47+,49+/m1/s1. The summed E-state index contributed by atoms with van der Waals surface area (Å²) in [6.45, 7) is 14.5. The summed E-state index contributed by atoms with van der Waals surface area (Å²) in [6, 6.07) is 0. The van der Waals surface area contributed by atoms with Crippen LogP contribution in [-0.2, 0) is 47.5 Å². The second-order valence-corrected chi connectivity index (χ2v) is 20.8. The van der Waals surface area contributed by atoms with Gasteiger partial charge in [0.15, 0.2) is 24.0 Å². The van der Waals surface area contributed by atoms with Crippen LogP contribution < -0.4 is 0 Å². The second-order valence-electron chi connectivity index (χ2n) is 20.8. The summed E-state index contributed by atoms with van der Waals surface area (Å²) in [5.74, 6) is -8.49. The number of ether oxygens (including phenoxy) is 7. The molecule has 5 unspecified atom stereocenters. The third-order valence-corrected chi connectivity index (χ3v) is 16.2. The van der Waals surface area contributed by atoms with E-state index in [-0.39, 0.29) is 44.5 Å². The van der Waals surface area contributed by atoms with E-state index >= 15 is 0 Å². The Labute approximate surface area is 374 Å². The Hall–Kier alpha value is -2.62. The molecule has 3 heterocycles. The highest BCUT2D eigenvalue weighted by Gasteiger charge is 2.84. The van der Waals surface area contributed by atoms with Crippen LogP contribution in [0.5, 0.6) is 0 Å². The van der Waals surface area contributed by atoms with Crippen LogP contribution in [0.15, 0.2) is 11.6 Å². The zero-order valence-electron chi connectivity index (χ0n) is 39.3. The van der Waals surface area contributed by atoms with Crippen LogP contribution in [-0.4, -0.2) is 107 Å². The van der Waals surface area contributed by atoms with Gasteiger partial charge in [-0.05, 0) is 55.9 Å². The molecule has 0 radical (unpaired) electrons. The van der Waals surface area contributed by atoms with Crippen molar-refractivity contribution in [1.82, 2.24) is 0 Å². The summed E-state index contributed by atoms with van der Waals surface area (Å²) in [6.07, 6.45) is 11.0. The fraction of sp³-hybridized carbons (Fsp3) is 0.878. The van der Waals surface area contributed by atoms with Crippen LogP contribution in [0, 0.1) is 46.3 Å². The molecular weight excluding hydrogens is 813 g/mol. The molecule has 3 saturated heterocycles. The van der Waals surface area contributed by atoms with Gasteiger partial charge in [-0.1, -0.05) is 131 Å². The maximum Gasteiger partial charge on any atom is 0.509 e. The van der Waals surface area contributed by atoms with Crippen LogP contribution in [0.2, 0.25) is 0 Å². The predicted molar refractivity (Wildman–Crippen MR) is 231 cm³/mol. The van der Waals surface area contributed by atoms with Gasteiger partial charge in [0.2, 0.25) is 6.10 Å². The SMILES string of the molecule is CCCCCCCCCCCCCCCC1OCC(COC(=O)O[C@@H]2C(=O)C=C(C)[C@@H]3C[C@H]4OC(=O)C(OC(=O)CC(O)(C(C)C)C(C)C)C5[C@@H](C)[C@@H](O)[C@]6(O)OC[C@@]54C6[C@@]23C)O1.